The number of anilines is 1. The normalized spacial score (nSPS) is 18.2. The third-order valence-electron chi connectivity index (χ3n) is 5.09. The first-order valence-corrected chi connectivity index (χ1v) is 10.7. The molecule has 2 amide bonds. The van der Waals surface area contributed by atoms with Crippen LogP contribution in [0.2, 0.25) is 0 Å². The molecule has 0 atom stereocenters. The molecule has 2 aliphatic heterocycles. The summed E-state index contributed by atoms with van der Waals surface area (Å²) in [6.45, 7) is 4.58. The van der Waals surface area contributed by atoms with E-state index in [9.17, 15) is 9.59 Å². The fourth-order valence-electron chi connectivity index (χ4n) is 3.59. The SMILES string of the molecule is C=CCN1C(=O)C(=C2SC(=S)N(CCc3ccc(OC)cc3)C2=O)c2ccccc21. The Morgan fingerprint density at radius 3 is 2.50 bits per heavy atom. The molecule has 0 radical (unpaired) electrons. The van der Waals surface area contributed by atoms with Crippen molar-refractivity contribution < 1.29 is 14.3 Å². The largest absolute Gasteiger partial charge is 0.497 e. The molecule has 0 unspecified atom stereocenters. The van der Waals surface area contributed by atoms with Gasteiger partial charge in [0.1, 0.15) is 10.1 Å². The summed E-state index contributed by atoms with van der Waals surface area (Å²) in [4.78, 5) is 29.9. The molecule has 0 spiro atoms. The first kappa shape index (κ1) is 20.4. The summed E-state index contributed by atoms with van der Waals surface area (Å²) in [6.07, 6.45) is 2.34. The number of rotatable bonds is 6. The van der Waals surface area contributed by atoms with E-state index in [1.54, 1.807) is 23.0 Å². The van der Waals surface area contributed by atoms with E-state index < -0.39 is 0 Å². The van der Waals surface area contributed by atoms with Gasteiger partial charge in [-0.25, -0.2) is 0 Å². The molecule has 2 aromatic carbocycles. The van der Waals surface area contributed by atoms with Gasteiger partial charge in [-0.1, -0.05) is 60.4 Å². The Balaban J connectivity index is 1.60. The van der Waals surface area contributed by atoms with Gasteiger partial charge >= 0.3 is 0 Å². The Labute approximate surface area is 185 Å². The molecule has 1 fully saturated rings. The van der Waals surface area contributed by atoms with E-state index in [2.05, 4.69) is 6.58 Å². The van der Waals surface area contributed by atoms with Crippen LogP contribution in [0.4, 0.5) is 5.69 Å². The van der Waals surface area contributed by atoms with Gasteiger partial charge in [0.05, 0.1) is 23.3 Å². The molecule has 0 aromatic heterocycles. The molecule has 0 aliphatic carbocycles. The number of fused-ring (bicyclic) bond motifs is 1. The zero-order chi connectivity index (χ0) is 21.3. The molecule has 2 aromatic rings. The fourth-order valence-corrected chi connectivity index (χ4v) is 4.97. The van der Waals surface area contributed by atoms with Crippen molar-refractivity contribution in [1.82, 2.24) is 4.90 Å². The standard InChI is InChI=1S/C23H20N2O3S2/c1-3-13-24-18-7-5-4-6-17(18)19(21(24)26)20-22(27)25(23(29)30-20)14-12-15-8-10-16(28-2)11-9-15/h3-11H,1,12-14H2,2H3. The Morgan fingerprint density at radius 1 is 1.07 bits per heavy atom. The van der Waals surface area contributed by atoms with Gasteiger partial charge in [-0.2, -0.15) is 0 Å². The van der Waals surface area contributed by atoms with Crippen molar-refractivity contribution in [2.45, 2.75) is 6.42 Å². The zero-order valence-electron chi connectivity index (χ0n) is 16.5. The quantitative estimate of drug-likeness (QED) is 0.389. The highest BCUT2D eigenvalue weighted by Crippen LogP contribution is 2.44. The van der Waals surface area contributed by atoms with Crippen LogP contribution in [-0.2, 0) is 16.0 Å². The van der Waals surface area contributed by atoms with Crippen molar-refractivity contribution in [3.05, 3.63) is 77.2 Å². The van der Waals surface area contributed by atoms with Crippen LogP contribution in [0.5, 0.6) is 5.75 Å². The van der Waals surface area contributed by atoms with Crippen LogP contribution in [0.1, 0.15) is 11.1 Å². The summed E-state index contributed by atoms with van der Waals surface area (Å²) in [5, 5.41) is 0. The molecule has 0 bridgehead atoms. The lowest BCUT2D eigenvalue weighted by atomic mass is 10.1. The first-order chi connectivity index (χ1) is 14.5. The molecular weight excluding hydrogens is 416 g/mol. The van der Waals surface area contributed by atoms with Gasteiger partial charge in [0.2, 0.25) is 0 Å². The van der Waals surface area contributed by atoms with Crippen LogP contribution in [-0.4, -0.2) is 41.2 Å². The van der Waals surface area contributed by atoms with Crippen LogP contribution in [0, 0.1) is 0 Å². The molecular formula is C23H20N2O3S2. The summed E-state index contributed by atoms with van der Waals surface area (Å²) >= 11 is 6.68. The van der Waals surface area contributed by atoms with Crippen molar-refractivity contribution in [2.75, 3.05) is 25.1 Å². The molecule has 5 nitrogen and oxygen atoms in total. The van der Waals surface area contributed by atoms with Crippen molar-refractivity contribution in [3.8, 4) is 5.75 Å². The van der Waals surface area contributed by atoms with Crippen LogP contribution in [0.3, 0.4) is 0 Å². The van der Waals surface area contributed by atoms with Crippen LogP contribution in [0.15, 0.2) is 66.1 Å². The lowest BCUT2D eigenvalue weighted by molar-refractivity contribution is -0.122. The van der Waals surface area contributed by atoms with E-state index >= 15 is 0 Å². The molecule has 1 saturated heterocycles. The number of carbonyl (C=O) groups is 2. The Morgan fingerprint density at radius 2 is 1.80 bits per heavy atom. The monoisotopic (exact) mass is 436 g/mol. The van der Waals surface area contributed by atoms with E-state index in [1.807, 2.05) is 48.5 Å². The number of nitrogens with zero attached hydrogens (tertiary/aromatic N) is 2. The maximum Gasteiger partial charge on any atom is 0.267 e. The van der Waals surface area contributed by atoms with E-state index in [0.717, 1.165) is 22.6 Å². The number of para-hydroxylation sites is 1. The van der Waals surface area contributed by atoms with Crippen LogP contribution in [0.25, 0.3) is 5.57 Å². The predicted molar refractivity (Wildman–Crippen MR) is 125 cm³/mol. The van der Waals surface area contributed by atoms with E-state index in [4.69, 9.17) is 17.0 Å². The predicted octanol–water partition coefficient (Wildman–Crippen LogP) is 4.04. The molecule has 2 aliphatic rings. The molecule has 0 saturated carbocycles. The Bertz CT molecular complexity index is 1080. The Hall–Kier alpha value is -2.90. The van der Waals surface area contributed by atoms with Crippen LogP contribution < -0.4 is 9.64 Å². The average molecular weight is 437 g/mol. The topological polar surface area (TPSA) is 49.9 Å². The number of ether oxygens (including phenoxy) is 1. The number of hydrogen-bond donors (Lipinski definition) is 0. The molecule has 2 heterocycles. The summed E-state index contributed by atoms with van der Waals surface area (Å²) in [6, 6.07) is 15.2. The van der Waals surface area contributed by atoms with Crippen molar-refractivity contribution in [1.29, 1.82) is 0 Å². The maximum atomic E-state index is 13.2. The van der Waals surface area contributed by atoms with E-state index in [-0.39, 0.29) is 11.8 Å². The minimum absolute atomic E-state index is 0.188. The first-order valence-electron chi connectivity index (χ1n) is 9.48. The number of thiocarbonyl (C=S) groups is 1. The smallest absolute Gasteiger partial charge is 0.267 e. The highest BCUT2D eigenvalue weighted by molar-refractivity contribution is 8.26. The van der Waals surface area contributed by atoms with Crippen molar-refractivity contribution in [3.63, 3.8) is 0 Å². The van der Waals surface area contributed by atoms with Gasteiger partial charge in [-0.15, -0.1) is 6.58 Å². The second-order valence-corrected chi connectivity index (χ2v) is 8.49. The lowest BCUT2D eigenvalue weighted by Gasteiger charge is -2.15. The van der Waals surface area contributed by atoms with Crippen LogP contribution >= 0.6 is 24.0 Å². The Kier molecular flexibility index (Phi) is 5.74. The molecule has 0 N–H and O–H groups in total. The summed E-state index contributed by atoms with van der Waals surface area (Å²) in [5.74, 6) is 0.389. The second-order valence-electron chi connectivity index (χ2n) is 6.85. The minimum atomic E-state index is -0.211. The van der Waals surface area contributed by atoms with Crippen molar-refractivity contribution >= 4 is 51.4 Å². The molecule has 4 rings (SSSR count). The van der Waals surface area contributed by atoms with Gasteiger partial charge < -0.3 is 9.64 Å². The number of amides is 2. The number of methoxy groups -OCH3 is 1. The zero-order valence-corrected chi connectivity index (χ0v) is 18.1. The fraction of sp³-hybridized carbons (Fsp3) is 0.174. The van der Waals surface area contributed by atoms with Gasteiger partial charge in [0.15, 0.2) is 0 Å². The van der Waals surface area contributed by atoms with Gasteiger partial charge in [0, 0.05) is 18.7 Å². The number of carbonyl (C=O) groups excluding carboxylic acids is 2. The molecule has 152 valence electrons. The summed E-state index contributed by atoms with van der Waals surface area (Å²) in [7, 11) is 1.63. The highest BCUT2D eigenvalue weighted by Gasteiger charge is 2.41. The number of benzene rings is 2. The van der Waals surface area contributed by atoms with E-state index in [0.29, 0.717) is 34.3 Å². The minimum Gasteiger partial charge on any atom is -0.497 e. The van der Waals surface area contributed by atoms with Crippen molar-refractivity contribution in [2.24, 2.45) is 0 Å². The third-order valence-corrected chi connectivity index (χ3v) is 6.54. The van der Waals surface area contributed by atoms with Gasteiger partial charge in [-0.3, -0.25) is 14.5 Å². The lowest BCUT2D eigenvalue weighted by Crippen LogP contribution is -2.31. The average Bonchev–Trinajstić information content (AvgIpc) is 3.20. The molecule has 30 heavy (non-hydrogen) atoms. The van der Waals surface area contributed by atoms with Gasteiger partial charge in [0.25, 0.3) is 11.8 Å². The van der Waals surface area contributed by atoms with E-state index in [1.165, 1.54) is 11.8 Å². The molecule has 7 heteroatoms. The highest BCUT2D eigenvalue weighted by atomic mass is 32.2. The number of thioether (sulfide) groups is 1. The summed E-state index contributed by atoms with van der Waals surface area (Å²) < 4.78 is 5.66. The second kappa shape index (κ2) is 8.45. The van der Waals surface area contributed by atoms with Gasteiger partial charge in [-0.05, 0) is 30.2 Å². The maximum absolute atomic E-state index is 13.2. The third kappa shape index (κ3) is 3.55. The summed E-state index contributed by atoms with van der Waals surface area (Å²) in [5.41, 5.74) is 3.06. The number of hydrogen-bond acceptors (Lipinski definition) is 5.